The van der Waals surface area contributed by atoms with Crippen LogP contribution in [0, 0.1) is 0 Å². The van der Waals surface area contributed by atoms with Crippen LogP contribution < -0.4 is 10.3 Å². The Morgan fingerprint density at radius 2 is 2.33 bits per heavy atom. The van der Waals surface area contributed by atoms with Gasteiger partial charge in [-0.1, -0.05) is 18.1 Å². The maximum atomic E-state index is 12.6. The van der Waals surface area contributed by atoms with Gasteiger partial charge in [0.15, 0.2) is 6.10 Å². The van der Waals surface area contributed by atoms with Gasteiger partial charge in [0, 0.05) is 6.42 Å². The Hall–Kier alpha value is -2.37. The third-order valence-electron chi connectivity index (χ3n) is 3.64. The summed E-state index contributed by atoms with van der Waals surface area (Å²) in [5.74, 6) is 0.539. The van der Waals surface area contributed by atoms with Crippen molar-refractivity contribution in [2.45, 2.75) is 32.4 Å². The van der Waals surface area contributed by atoms with E-state index in [0.29, 0.717) is 23.2 Å². The van der Waals surface area contributed by atoms with E-state index in [1.807, 2.05) is 13.0 Å². The molecule has 0 bridgehead atoms. The number of nitrogens with zero attached hydrogens (tertiary/aromatic N) is 3. The highest BCUT2D eigenvalue weighted by molar-refractivity contribution is 5.85. The van der Waals surface area contributed by atoms with E-state index in [1.165, 1.54) is 0 Å². The Bertz CT molecular complexity index is 751. The second-order valence-electron chi connectivity index (χ2n) is 5.00. The molecule has 0 N–H and O–H groups in total. The van der Waals surface area contributed by atoms with Crippen LogP contribution in [0.1, 0.15) is 19.8 Å². The molecule has 1 aliphatic rings. The van der Waals surface area contributed by atoms with Crippen LogP contribution in [-0.4, -0.2) is 28.5 Å². The molecular weight excluding hydrogens is 270 g/mol. The zero-order valence-electron chi connectivity index (χ0n) is 12.1. The number of methoxy groups -OCH3 is 1. The van der Waals surface area contributed by atoms with Gasteiger partial charge in [-0.25, -0.2) is 4.98 Å². The van der Waals surface area contributed by atoms with E-state index in [1.54, 1.807) is 30.1 Å². The normalized spacial score (nSPS) is 17.6. The molecule has 110 valence electrons. The summed E-state index contributed by atoms with van der Waals surface area (Å²) < 4.78 is 6.82. The van der Waals surface area contributed by atoms with Gasteiger partial charge >= 0.3 is 0 Å². The van der Waals surface area contributed by atoms with Crippen LogP contribution in [0.4, 0.5) is 0 Å². The SMILES string of the molecule is CCC1=NO[C@@H](Cn2cnc3cccc(OC)c3c2=O)C1. The van der Waals surface area contributed by atoms with E-state index in [0.717, 1.165) is 18.6 Å². The number of aromatic nitrogens is 2. The van der Waals surface area contributed by atoms with Crippen LogP contribution in [0.15, 0.2) is 34.5 Å². The molecule has 0 fully saturated rings. The number of oxime groups is 1. The Labute approximate surface area is 122 Å². The number of hydrogen-bond acceptors (Lipinski definition) is 5. The summed E-state index contributed by atoms with van der Waals surface area (Å²) in [5, 5.41) is 4.51. The van der Waals surface area contributed by atoms with Crippen molar-refractivity contribution in [2.75, 3.05) is 7.11 Å². The summed E-state index contributed by atoms with van der Waals surface area (Å²) in [7, 11) is 1.55. The molecule has 1 aliphatic heterocycles. The summed E-state index contributed by atoms with van der Waals surface area (Å²) in [4.78, 5) is 22.3. The van der Waals surface area contributed by atoms with Crippen LogP contribution in [0.2, 0.25) is 0 Å². The maximum absolute atomic E-state index is 12.6. The van der Waals surface area contributed by atoms with Crippen molar-refractivity contribution in [1.82, 2.24) is 9.55 Å². The first-order valence-electron chi connectivity index (χ1n) is 6.96. The molecule has 1 atom stereocenters. The van der Waals surface area contributed by atoms with Gasteiger partial charge < -0.3 is 9.57 Å². The molecule has 0 amide bonds. The van der Waals surface area contributed by atoms with Crippen molar-refractivity contribution in [1.29, 1.82) is 0 Å². The Kier molecular flexibility index (Phi) is 3.60. The van der Waals surface area contributed by atoms with Crippen molar-refractivity contribution in [3.63, 3.8) is 0 Å². The molecule has 6 heteroatoms. The van der Waals surface area contributed by atoms with Crippen molar-refractivity contribution in [3.05, 3.63) is 34.9 Å². The van der Waals surface area contributed by atoms with Crippen LogP contribution >= 0.6 is 0 Å². The van der Waals surface area contributed by atoms with Gasteiger partial charge in [-0.05, 0) is 18.6 Å². The molecule has 1 aromatic heterocycles. The van der Waals surface area contributed by atoms with Gasteiger partial charge in [-0.15, -0.1) is 0 Å². The number of benzene rings is 1. The molecule has 6 nitrogen and oxygen atoms in total. The van der Waals surface area contributed by atoms with Gasteiger partial charge in [0.2, 0.25) is 0 Å². The lowest BCUT2D eigenvalue weighted by Crippen LogP contribution is -2.27. The average Bonchev–Trinajstić information content (AvgIpc) is 2.97. The Morgan fingerprint density at radius 3 is 3.05 bits per heavy atom. The molecule has 2 aromatic rings. The minimum absolute atomic E-state index is 0.105. The second kappa shape index (κ2) is 5.55. The summed E-state index contributed by atoms with van der Waals surface area (Å²) in [6.07, 6.45) is 3.08. The Morgan fingerprint density at radius 1 is 1.48 bits per heavy atom. The molecule has 0 aliphatic carbocycles. The lowest BCUT2D eigenvalue weighted by atomic mass is 10.1. The van der Waals surface area contributed by atoms with E-state index in [-0.39, 0.29) is 11.7 Å². The molecule has 1 aromatic carbocycles. The minimum Gasteiger partial charge on any atom is -0.496 e. The minimum atomic E-state index is -0.119. The van der Waals surface area contributed by atoms with E-state index >= 15 is 0 Å². The summed E-state index contributed by atoms with van der Waals surface area (Å²) in [5.41, 5.74) is 1.54. The van der Waals surface area contributed by atoms with Crippen LogP contribution in [0.3, 0.4) is 0 Å². The fraction of sp³-hybridized carbons (Fsp3) is 0.400. The number of rotatable bonds is 4. The predicted octanol–water partition coefficient (Wildman–Crippen LogP) is 1.96. The molecule has 0 saturated carbocycles. The highest BCUT2D eigenvalue weighted by atomic mass is 16.6. The first-order chi connectivity index (χ1) is 10.2. The molecule has 0 radical (unpaired) electrons. The van der Waals surface area contributed by atoms with E-state index in [2.05, 4.69) is 10.1 Å². The first kappa shape index (κ1) is 13.6. The van der Waals surface area contributed by atoms with Crippen molar-refractivity contribution in [3.8, 4) is 5.75 Å². The van der Waals surface area contributed by atoms with Crippen LogP contribution in [0.25, 0.3) is 10.9 Å². The fourth-order valence-electron chi connectivity index (χ4n) is 2.48. The topological polar surface area (TPSA) is 65.7 Å². The quantitative estimate of drug-likeness (QED) is 0.862. The molecular formula is C15H17N3O3. The number of fused-ring (bicyclic) bond motifs is 1. The van der Waals surface area contributed by atoms with Gasteiger partial charge in [-0.2, -0.15) is 0 Å². The second-order valence-corrected chi connectivity index (χ2v) is 5.00. The lowest BCUT2D eigenvalue weighted by Gasteiger charge is -2.12. The summed E-state index contributed by atoms with van der Waals surface area (Å²) >= 11 is 0. The van der Waals surface area contributed by atoms with E-state index in [9.17, 15) is 4.79 Å². The summed E-state index contributed by atoms with van der Waals surface area (Å²) in [6, 6.07) is 5.38. The fourth-order valence-corrected chi connectivity index (χ4v) is 2.48. The number of ether oxygens (including phenoxy) is 1. The molecule has 0 unspecified atom stereocenters. The number of hydrogen-bond donors (Lipinski definition) is 0. The highest BCUT2D eigenvalue weighted by Gasteiger charge is 2.21. The molecule has 3 rings (SSSR count). The average molecular weight is 287 g/mol. The molecule has 0 saturated heterocycles. The van der Waals surface area contributed by atoms with E-state index < -0.39 is 0 Å². The Balaban J connectivity index is 1.94. The lowest BCUT2D eigenvalue weighted by molar-refractivity contribution is 0.0716. The van der Waals surface area contributed by atoms with Crippen molar-refractivity contribution >= 4 is 16.6 Å². The van der Waals surface area contributed by atoms with Gasteiger partial charge in [0.05, 0.1) is 31.2 Å². The maximum Gasteiger partial charge on any atom is 0.265 e. The summed E-state index contributed by atoms with van der Waals surface area (Å²) in [6.45, 7) is 2.48. The highest BCUT2D eigenvalue weighted by Crippen LogP contribution is 2.20. The third kappa shape index (κ3) is 2.49. The monoisotopic (exact) mass is 287 g/mol. The van der Waals surface area contributed by atoms with Crippen LogP contribution in [0.5, 0.6) is 5.75 Å². The third-order valence-corrected chi connectivity index (χ3v) is 3.64. The van der Waals surface area contributed by atoms with Gasteiger partial charge in [-0.3, -0.25) is 9.36 Å². The van der Waals surface area contributed by atoms with Gasteiger partial charge in [0.1, 0.15) is 11.1 Å². The largest absolute Gasteiger partial charge is 0.496 e. The van der Waals surface area contributed by atoms with E-state index in [4.69, 9.17) is 9.57 Å². The first-order valence-corrected chi connectivity index (χ1v) is 6.96. The van der Waals surface area contributed by atoms with Crippen molar-refractivity contribution in [2.24, 2.45) is 5.16 Å². The molecule has 2 heterocycles. The molecule has 0 spiro atoms. The predicted molar refractivity (Wildman–Crippen MR) is 79.8 cm³/mol. The zero-order valence-corrected chi connectivity index (χ0v) is 12.1. The van der Waals surface area contributed by atoms with Gasteiger partial charge in [0.25, 0.3) is 5.56 Å². The zero-order chi connectivity index (χ0) is 14.8. The molecule has 21 heavy (non-hydrogen) atoms. The van der Waals surface area contributed by atoms with Crippen molar-refractivity contribution < 1.29 is 9.57 Å². The smallest absolute Gasteiger partial charge is 0.265 e. The van der Waals surface area contributed by atoms with Crippen LogP contribution in [-0.2, 0) is 11.4 Å². The standard InChI is InChI=1S/C15H17N3O3/c1-3-10-7-11(21-17-10)8-18-9-16-12-5-4-6-13(20-2)14(12)15(18)19/h4-6,9,11H,3,7-8H2,1-2H3/t11-/m1/s1.